The molecule has 3 N–H and O–H groups in total. The van der Waals surface area contributed by atoms with Gasteiger partial charge < -0.3 is 24.3 Å². The average molecular weight is 355 g/mol. The fourth-order valence-corrected chi connectivity index (χ4v) is 5.52. The molecule has 1 atom stereocenters. The van der Waals surface area contributed by atoms with Crippen LogP contribution in [-0.2, 0) is 19.7 Å². The molecule has 1 aromatic rings. The molecule has 0 saturated heterocycles. The summed E-state index contributed by atoms with van der Waals surface area (Å²) in [5.41, 5.74) is 6.77. The van der Waals surface area contributed by atoms with Crippen LogP contribution in [0.25, 0.3) is 0 Å². The van der Waals surface area contributed by atoms with E-state index in [9.17, 15) is 0 Å². The summed E-state index contributed by atoms with van der Waals surface area (Å²) in [6.07, 6.45) is 1.89. The van der Waals surface area contributed by atoms with Crippen LogP contribution in [-0.4, -0.2) is 47.8 Å². The van der Waals surface area contributed by atoms with Crippen molar-refractivity contribution in [1.82, 2.24) is 5.32 Å². The van der Waals surface area contributed by atoms with E-state index in [4.69, 9.17) is 19.0 Å². The van der Waals surface area contributed by atoms with Crippen LogP contribution in [0.5, 0.6) is 0 Å². The second-order valence-electron chi connectivity index (χ2n) is 5.81. The van der Waals surface area contributed by atoms with Crippen LogP contribution in [0.3, 0.4) is 0 Å². The van der Waals surface area contributed by atoms with Crippen molar-refractivity contribution in [1.29, 1.82) is 0 Å². The van der Waals surface area contributed by atoms with Crippen molar-refractivity contribution in [2.75, 3.05) is 32.8 Å². The minimum Gasteiger partial charge on any atom is -0.374 e. The van der Waals surface area contributed by atoms with E-state index in [-0.39, 0.29) is 6.10 Å². The summed E-state index contributed by atoms with van der Waals surface area (Å²) in [4.78, 5) is 0. The number of nitrogens with one attached hydrogen (secondary N) is 1. The highest BCUT2D eigenvalue weighted by atomic mass is 28.4. The van der Waals surface area contributed by atoms with E-state index in [0.717, 1.165) is 32.0 Å². The number of nitrogens with two attached hydrogens (primary N) is 1. The van der Waals surface area contributed by atoms with Crippen molar-refractivity contribution < 1.29 is 13.3 Å². The molecule has 0 aliphatic carbocycles. The van der Waals surface area contributed by atoms with Crippen LogP contribution in [0.2, 0.25) is 6.04 Å². The molecule has 0 saturated carbocycles. The van der Waals surface area contributed by atoms with E-state index >= 15 is 0 Å². The fourth-order valence-electron chi connectivity index (χ4n) is 2.70. The van der Waals surface area contributed by atoms with E-state index in [1.807, 2.05) is 19.9 Å². The third-order valence-corrected chi connectivity index (χ3v) is 6.82. The van der Waals surface area contributed by atoms with Gasteiger partial charge in [0.2, 0.25) is 0 Å². The summed E-state index contributed by atoms with van der Waals surface area (Å²) in [6.45, 7) is 9.72. The number of benzene rings is 1. The molecule has 138 valence electrons. The molecule has 0 heterocycles. The van der Waals surface area contributed by atoms with Crippen molar-refractivity contribution >= 4 is 8.80 Å². The molecule has 0 aromatic heterocycles. The number of hydrogen-bond donors (Lipinski definition) is 2. The van der Waals surface area contributed by atoms with Crippen molar-refractivity contribution in [2.24, 2.45) is 5.73 Å². The quantitative estimate of drug-likeness (QED) is 0.397. The van der Waals surface area contributed by atoms with Crippen LogP contribution in [0.4, 0.5) is 0 Å². The topological polar surface area (TPSA) is 65.7 Å². The van der Waals surface area contributed by atoms with Crippen LogP contribution in [0.15, 0.2) is 30.3 Å². The van der Waals surface area contributed by atoms with Gasteiger partial charge in [0.25, 0.3) is 0 Å². The Morgan fingerprint density at radius 1 is 1.08 bits per heavy atom. The Morgan fingerprint density at radius 2 is 1.75 bits per heavy atom. The zero-order valence-corrected chi connectivity index (χ0v) is 16.4. The van der Waals surface area contributed by atoms with Gasteiger partial charge in [0, 0.05) is 32.3 Å². The fraction of sp³-hybridized carbons (Fsp3) is 0.667. The Morgan fingerprint density at radius 3 is 2.33 bits per heavy atom. The van der Waals surface area contributed by atoms with E-state index in [1.54, 1.807) is 0 Å². The molecule has 0 radical (unpaired) electrons. The molecular weight excluding hydrogens is 320 g/mol. The summed E-state index contributed by atoms with van der Waals surface area (Å²) in [5, 5.41) is 3.32. The van der Waals surface area contributed by atoms with Gasteiger partial charge in [-0.15, -0.1) is 0 Å². The van der Waals surface area contributed by atoms with Gasteiger partial charge in [0.05, 0.1) is 6.10 Å². The Bertz CT molecular complexity index is 414. The SMILES string of the molecule is CCO[Si](CCCNCCN)(OCC)OC(C)Cc1ccccc1. The minimum atomic E-state index is -2.64. The summed E-state index contributed by atoms with van der Waals surface area (Å²) in [7, 11) is -2.64. The van der Waals surface area contributed by atoms with Gasteiger partial charge in [0.15, 0.2) is 0 Å². The van der Waals surface area contributed by atoms with Crippen molar-refractivity contribution in [3.05, 3.63) is 35.9 Å². The molecule has 5 nitrogen and oxygen atoms in total. The summed E-state index contributed by atoms with van der Waals surface area (Å²) in [5.74, 6) is 0. The number of rotatable bonds is 14. The molecule has 1 rings (SSSR count). The van der Waals surface area contributed by atoms with Crippen LogP contribution in [0, 0.1) is 0 Å². The van der Waals surface area contributed by atoms with Crippen LogP contribution >= 0.6 is 0 Å². The summed E-state index contributed by atoms with van der Waals surface area (Å²) >= 11 is 0. The van der Waals surface area contributed by atoms with E-state index in [1.165, 1.54) is 5.56 Å². The zero-order chi connectivity index (χ0) is 17.7. The van der Waals surface area contributed by atoms with Gasteiger partial charge >= 0.3 is 8.80 Å². The Balaban J connectivity index is 2.61. The average Bonchev–Trinajstić information content (AvgIpc) is 2.56. The minimum absolute atomic E-state index is 0.0640. The maximum absolute atomic E-state index is 6.37. The Kier molecular flexibility index (Phi) is 11.2. The predicted molar refractivity (Wildman–Crippen MR) is 101 cm³/mol. The van der Waals surface area contributed by atoms with Crippen molar-refractivity contribution in [3.63, 3.8) is 0 Å². The Hall–Kier alpha value is -0.763. The van der Waals surface area contributed by atoms with Gasteiger partial charge in [-0.3, -0.25) is 0 Å². The van der Waals surface area contributed by atoms with Crippen molar-refractivity contribution in [2.45, 2.75) is 45.8 Å². The monoisotopic (exact) mass is 354 g/mol. The van der Waals surface area contributed by atoms with Gasteiger partial charge in [-0.1, -0.05) is 30.3 Å². The molecule has 1 unspecified atom stereocenters. The molecule has 0 aliphatic rings. The highest BCUT2D eigenvalue weighted by molar-refractivity contribution is 6.60. The largest absolute Gasteiger partial charge is 0.501 e. The molecule has 0 bridgehead atoms. The first-order valence-electron chi connectivity index (χ1n) is 9.06. The third-order valence-electron chi connectivity index (χ3n) is 3.63. The van der Waals surface area contributed by atoms with E-state index in [2.05, 4.69) is 36.5 Å². The second kappa shape index (κ2) is 12.6. The first-order valence-corrected chi connectivity index (χ1v) is 11.0. The lowest BCUT2D eigenvalue weighted by atomic mass is 10.1. The molecule has 0 amide bonds. The maximum Gasteiger partial charge on any atom is 0.501 e. The predicted octanol–water partition coefficient (Wildman–Crippen LogP) is 2.58. The second-order valence-corrected chi connectivity index (χ2v) is 8.49. The molecule has 0 aliphatic heterocycles. The molecule has 24 heavy (non-hydrogen) atoms. The van der Waals surface area contributed by atoms with E-state index < -0.39 is 8.80 Å². The molecule has 0 fully saturated rings. The first kappa shape index (κ1) is 21.3. The standard InChI is InChI=1S/C18H34N2O3Si/c1-4-21-24(22-5-2,15-9-13-20-14-12-19)23-17(3)16-18-10-7-6-8-11-18/h6-8,10-11,17,20H,4-5,9,12-16,19H2,1-3H3. The highest BCUT2D eigenvalue weighted by Gasteiger charge is 2.41. The van der Waals surface area contributed by atoms with E-state index in [0.29, 0.717) is 19.8 Å². The lowest BCUT2D eigenvalue weighted by Gasteiger charge is -2.32. The summed E-state index contributed by atoms with van der Waals surface area (Å²) < 4.78 is 18.4. The molecule has 1 aromatic carbocycles. The smallest absolute Gasteiger partial charge is 0.374 e. The van der Waals surface area contributed by atoms with Gasteiger partial charge in [-0.25, -0.2) is 0 Å². The van der Waals surface area contributed by atoms with Gasteiger partial charge in [0.1, 0.15) is 0 Å². The van der Waals surface area contributed by atoms with Gasteiger partial charge in [-0.05, 0) is 45.7 Å². The lowest BCUT2D eigenvalue weighted by molar-refractivity contribution is 0.0381. The lowest BCUT2D eigenvalue weighted by Crippen LogP contribution is -2.48. The zero-order valence-electron chi connectivity index (χ0n) is 15.4. The summed E-state index contributed by atoms with van der Waals surface area (Å²) in [6, 6.07) is 11.2. The van der Waals surface area contributed by atoms with Crippen molar-refractivity contribution in [3.8, 4) is 0 Å². The first-order chi connectivity index (χ1) is 11.7. The molecule has 6 heteroatoms. The van der Waals surface area contributed by atoms with Crippen LogP contribution in [0.1, 0.15) is 32.8 Å². The molecular formula is C18H34N2O3Si. The normalized spacial score (nSPS) is 13.2. The number of hydrogen-bond acceptors (Lipinski definition) is 5. The van der Waals surface area contributed by atoms with Gasteiger partial charge in [-0.2, -0.15) is 0 Å². The third kappa shape index (κ3) is 8.37. The van der Waals surface area contributed by atoms with Crippen LogP contribution < -0.4 is 11.1 Å². The maximum atomic E-state index is 6.37. The molecule has 0 spiro atoms. The Labute approximate surface area is 148 Å². The highest BCUT2D eigenvalue weighted by Crippen LogP contribution is 2.21.